The monoisotopic (exact) mass is 216 g/mol. The van der Waals surface area contributed by atoms with Crippen molar-refractivity contribution in [3.8, 4) is 5.75 Å². The Labute approximate surface area is 85.3 Å². The molecule has 1 N–H and O–H groups in total. The predicted octanol–water partition coefficient (Wildman–Crippen LogP) is 2.21. The van der Waals surface area contributed by atoms with Gasteiger partial charge in [-0.3, -0.25) is 0 Å². The Morgan fingerprint density at radius 1 is 1.53 bits per heavy atom. The third-order valence-corrected chi connectivity index (χ3v) is 1.81. The Balaban J connectivity index is 2.87. The lowest BCUT2D eigenvalue weighted by Crippen LogP contribution is -2.26. The predicted molar refractivity (Wildman–Crippen MR) is 48.7 cm³/mol. The normalized spacial score (nSPS) is 12.2. The van der Waals surface area contributed by atoms with E-state index in [1.54, 1.807) is 6.92 Å². The van der Waals surface area contributed by atoms with E-state index in [2.05, 4.69) is 0 Å². The molecular formula is C10H10F2O3. The first-order chi connectivity index (χ1) is 7.04. The van der Waals surface area contributed by atoms with Crippen LogP contribution in [0.2, 0.25) is 0 Å². The van der Waals surface area contributed by atoms with Crippen LogP contribution in [0.15, 0.2) is 18.2 Å². The summed E-state index contributed by atoms with van der Waals surface area (Å²) >= 11 is 0. The molecule has 0 heterocycles. The lowest BCUT2D eigenvalue weighted by Gasteiger charge is -2.13. The van der Waals surface area contributed by atoms with Gasteiger partial charge in [0, 0.05) is 6.07 Å². The minimum Gasteiger partial charge on any atom is -0.479 e. The van der Waals surface area contributed by atoms with E-state index >= 15 is 0 Å². The zero-order chi connectivity index (χ0) is 11.4. The number of halogens is 2. The van der Waals surface area contributed by atoms with Gasteiger partial charge in [0.2, 0.25) is 0 Å². The fourth-order valence-electron chi connectivity index (χ4n) is 1.03. The highest BCUT2D eigenvalue weighted by atomic mass is 19.1. The molecular weight excluding hydrogens is 206 g/mol. The SMILES string of the molecule is CCC(Oc1cc(F)ccc1F)C(=O)O. The van der Waals surface area contributed by atoms with Crippen molar-refractivity contribution < 1.29 is 23.4 Å². The highest BCUT2D eigenvalue weighted by Gasteiger charge is 2.18. The molecule has 0 amide bonds. The van der Waals surface area contributed by atoms with E-state index in [4.69, 9.17) is 9.84 Å². The first kappa shape index (κ1) is 11.4. The van der Waals surface area contributed by atoms with Crippen LogP contribution in [-0.2, 0) is 4.79 Å². The lowest BCUT2D eigenvalue weighted by atomic mass is 10.2. The van der Waals surface area contributed by atoms with Crippen LogP contribution in [-0.4, -0.2) is 17.2 Å². The molecule has 1 unspecified atom stereocenters. The van der Waals surface area contributed by atoms with E-state index in [9.17, 15) is 13.6 Å². The largest absolute Gasteiger partial charge is 0.479 e. The van der Waals surface area contributed by atoms with Crippen molar-refractivity contribution in [3.63, 3.8) is 0 Å². The van der Waals surface area contributed by atoms with Crippen molar-refractivity contribution in [1.29, 1.82) is 0 Å². The van der Waals surface area contributed by atoms with Gasteiger partial charge in [0.1, 0.15) is 5.82 Å². The van der Waals surface area contributed by atoms with Gasteiger partial charge < -0.3 is 9.84 Å². The van der Waals surface area contributed by atoms with Gasteiger partial charge >= 0.3 is 5.97 Å². The summed E-state index contributed by atoms with van der Waals surface area (Å²) in [6.07, 6.45) is -0.994. The molecule has 1 rings (SSSR count). The zero-order valence-corrected chi connectivity index (χ0v) is 8.04. The van der Waals surface area contributed by atoms with Gasteiger partial charge in [0.15, 0.2) is 17.7 Å². The molecule has 0 aliphatic rings. The van der Waals surface area contributed by atoms with Crippen LogP contribution in [0.1, 0.15) is 13.3 Å². The van der Waals surface area contributed by atoms with E-state index in [0.717, 1.165) is 18.2 Å². The number of rotatable bonds is 4. The minimum atomic E-state index is -1.21. The highest BCUT2D eigenvalue weighted by molar-refractivity contribution is 5.72. The summed E-state index contributed by atoms with van der Waals surface area (Å²) in [5.74, 6) is -3.05. The van der Waals surface area contributed by atoms with Crippen LogP contribution in [0.3, 0.4) is 0 Å². The molecule has 1 atom stereocenters. The van der Waals surface area contributed by atoms with Crippen molar-refractivity contribution in [3.05, 3.63) is 29.8 Å². The molecule has 0 saturated carbocycles. The van der Waals surface area contributed by atoms with E-state index < -0.39 is 23.7 Å². The fraction of sp³-hybridized carbons (Fsp3) is 0.300. The fourth-order valence-corrected chi connectivity index (χ4v) is 1.03. The van der Waals surface area contributed by atoms with Gasteiger partial charge in [0.25, 0.3) is 0 Å². The van der Waals surface area contributed by atoms with Gasteiger partial charge in [-0.1, -0.05) is 6.92 Å². The summed E-state index contributed by atoms with van der Waals surface area (Å²) < 4.78 is 30.6. The molecule has 15 heavy (non-hydrogen) atoms. The first-order valence-corrected chi connectivity index (χ1v) is 4.39. The number of hydrogen-bond donors (Lipinski definition) is 1. The van der Waals surface area contributed by atoms with Crippen LogP contribution in [0.5, 0.6) is 5.75 Å². The molecule has 0 radical (unpaired) electrons. The van der Waals surface area contributed by atoms with Gasteiger partial charge in [-0.05, 0) is 18.6 Å². The maximum absolute atomic E-state index is 13.0. The molecule has 0 fully saturated rings. The number of carboxylic acids is 1. The Morgan fingerprint density at radius 3 is 2.73 bits per heavy atom. The average molecular weight is 216 g/mol. The quantitative estimate of drug-likeness (QED) is 0.839. The maximum Gasteiger partial charge on any atom is 0.344 e. The zero-order valence-electron chi connectivity index (χ0n) is 8.04. The van der Waals surface area contributed by atoms with Gasteiger partial charge in [0.05, 0.1) is 0 Å². The van der Waals surface area contributed by atoms with E-state index in [1.165, 1.54) is 0 Å². The summed E-state index contributed by atoms with van der Waals surface area (Å²) in [5, 5.41) is 8.65. The second kappa shape index (κ2) is 4.72. The second-order valence-corrected chi connectivity index (χ2v) is 2.93. The Kier molecular flexibility index (Phi) is 3.60. The van der Waals surface area contributed by atoms with Crippen LogP contribution >= 0.6 is 0 Å². The van der Waals surface area contributed by atoms with E-state index in [0.29, 0.717) is 0 Å². The number of hydrogen-bond acceptors (Lipinski definition) is 2. The average Bonchev–Trinajstić information content (AvgIpc) is 2.18. The molecule has 1 aromatic rings. The smallest absolute Gasteiger partial charge is 0.344 e. The molecule has 1 aromatic carbocycles. The Hall–Kier alpha value is -1.65. The highest BCUT2D eigenvalue weighted by Crippen LogP contribution is 2.20. The van der Waals surface area contributed by atoms with E-state index in [1.807, 2.05) is 0 Å². The molecule has 0 aliphatic carbocycles. The minimum absolute atomic E-state index is 0.172. The summed E-state index contributed by atoms with van der Waals surface area (Å²) in [6.45, 7) is 1.58. The second-order valence-electron chi connectivity index (χ2n) is 2.93. The molecule has 0 spiro atoms. The third-order valence-electron chi connectivity index (χ3n) is 1.81. The van der Waals surface area contributed by atoms with Crippen molar-refractivity contribution in [2.24, 2.45) is 0 Å². The number of carboxylic acid groups (broad SMARTS) is 1. The summed E-state index contributed by atoms with van der Waals surface area (Å²) in [5.41, 5.74) is 0. The maximum atomic E-state index is 13.0. The summed E-state index contributed by atoms with van der Waals surface area (Å²) in [7, 11) is 0. The van der Waals surface area contributed by atoms with Crippen molar-refractivity contribution in [1.82, 2.24) is 0 Å². The van der Waals surface area contributed by atoms with Crippen LogP contribution in [0.25, 0.3) is 0 Å². The summed E-state index contributed by atoms with van der Waals surface area (Å²) in [6, 6.07) is 2.64. The first-order valence-electron chi connectivity index (χ1n) is 4.39. The third kappa shape index (κ3) is 2.90. The number of ether oxygens (including phenoxy) is 1. The summed E-state index contributed by atoms with van der Waals surface area (Å²) in [4.78, 5) is 10.6. The van der Waals surface area contributed by atoms with Crippen LogP contribution in [0.4, 0.5) is 8.78 Å². The molecule has 5 heteroatoms. The van der Waals surface area contributed by atoms with E-state index in [-0.39, 0.29) is 12.2 Å². The Bertz CT molecular complexity index is 366. The molecule has 0 aliphatic heterocycles. The lowest BCUT2D eigenvalue weighted by molar-refractivity contribution is -0.145. The number of carbonyl (C=O) groups is 1. The Morgan fingerprint density at radius 2 is 2.20 bits per heavy atom. The topological polar surface area (TPSA) is 46.5 Å². The van der Waals surface area contributed by atoms with Crippen LogP contribution in [0, 0.1) is 11.6 Å². The molecule has 0 saturated heterocycles. The van der Waals surface area contributed by atoms with Crippen LogP contribution < -0.4 is 4.74 Å². The molecule has 3 nitrogen and oxygen atoms in total. The standard InChI is InChI=1S/C10H10F2O3/c1-2-8(10(13)14)15-9-5-6(11)3-4-7(9)12/h3-5,8H,2H2,1H3,(H,13,14). The van der Waals surface area contributed by atoms with Crippen molar-refractivity contribution in [2.45, 2.75) is 19.4 Å². The van der Waals surface area contributed by atoms with Gasteiger partial charge in [-0.25, -0.2) is 13.6 Å². The number of benzene rings is 1. The molecule has 0 bridgehead atoms. The molecule has 0 aromatic heterocycles. The number of aliphatic carboxylic acids is 1. The van der Waals surface area contributed by atoms with Crippen molar-refractivity contribution >= 4 is 5.97 Å². The van der Waals surface area contributed by atoms with Gasteiger partial charge in [-0.2, -0.15) is 0 Å². The van der Waals surface area contributed by atoms with Gasteiger partial charge in [-0.15, -0.1) is 0 Å². The molecule has 82 valence electrons. The van der Waals surface area contributed by atoms with Crippen molar-refractivity contribution in [2.75, 3.05) is 0 Å².